The van der Waals surface area contributed by atoms with Crippen LogP contribution in [0.2, 0.25) is 0 Å². The molecule has 3 heteroatoms. The molecule has 0 aromatic carbocycles. The van der Waals surface area contributed by atoms with Crippen molar-refractivity contribution < 1.29 is 14.3 Å². The molecular weight excluding hydrogens is 168 g/mol. The third-order valence-corrected chi connectivity index (χ3v) is 1.67. The largest absolute Gasteiger partial charge is 0.464 e. The molecule has 0 spiro atoms. The van der Waals surface area contributed by atoms with Gasteiger partial charge in [-0.15, -0.1) is 0 Å². The Bertz CT molecular complexity index is 123. The zero-order valence-electron chi connectivity index (χ0n) is 8.67. The third-order valence-electron chi connectivity index (χ3n) is 1.67. The van der Waals surface area contributed by atoms with E-state index < -0.39 is 0 Å². The Morgan fingerprint density at radius 2 is 1.92 bits per heavy atom. The fourth-order valence-electron chi connectivity index (χ4n) is 0.989. The minimum absolute atomic E-state index is 0.0972. The first-order chi connectivity index (χ1) is 6.31. The topological polar surface area (TPSA) is 35.5 Å². The van der Waals surface area contributed by atoms with E-state index in [0.29, 0.717) is 13.2 Å². The van der Waals surface area contributed by atoms with E-state index in [-0.39, 0.29) is 12.6 Å². The molecule has 78 valence electrons. The SMILES string of the molecule is CCCCCCOCC(=O)OCC. The van der Waals surface area contributed by atoms with Gasteiger partial charge in [0.15, 0.2) is 0 Å². The molecule has 0 aliphatic rings. The molecule has 0 unspecified atom stereocenters. The lowest BCUT2D eigenvalue weighted by Crippen LogP contribution is -2.12. The summed E-state index contributed by atoms with van der Waals surface area (Å²) in [6.45, 7) is 5.15. The number of ether oxygens (including phenoxy) is 2. The molecule has 0 aromatic rings. The Morgan fingerprint density at radius 1 is 1.15 bits per heavy atom. The van der Waals surface area contributed by atoms with Crippen molar-refractivity contribution in [2.45, 2.75) is 39.5 Å². The molecule has 0 aromatic heterocycles. The van der Waals surface area contributed by atoms with E-state index in [1.165, 1.54) is 19.3 Å². The van der Waals surface area contributed by atoms with E-state index in [2.05, 4.69) is 6.92 Å². The molecule has 0 rings (SSSR count). The Labute approximate surface area is 80.4 Å². The number of esters is 1. The van der Waals surface area contributed by atoms with Gasteiger partial charge in [0.25, 0.3) is 0 Å². The van der Waals surface area contributed by atoms with Gasteiger partial charge in [-0.3, -0.25) is 0 Å². The van der Waals surface area contributed by atoms with Crippen molar-refractivity contribution in [2.24, 2.45) is 0 Å². The monoisotopic (exact) mass is 188 g/mol. The minimum Gasteiger partial charge on any atom is -0.464 e. The second kappa shape index (κ2) is 9.52. The van der Waals surface area contributed by atoms with Gasteiger partial charge in [0.05, 0.1) is 6.61 Å². The Hall–Kier alpha value is -0.570. The van der Waals surface area contributed by atoms with Crippen LogP contribution in [-0.4, -0.2) is 25.8 Å². The van der Waals surface area contributed by atoms with Gasteiger partial charge in [-0.1, -0.05) is 26.2 Å². The van der Waals surface area contributed by atoms with Crippen LogP contribution >= 0.6 is 0 Å². The fraction of sp³-hybridized carbons (Fsp3) is 0.900. The fourth-order valence-corrected chi connectivity index (χ4v) is 0.989. The minimum atomic E-state index is -0.266. The van der Waals surface area contributed by atoms with Crippen LogP contribution in [0, 0.1) is 0 Å². The number of hydrogen-bond donors (Lipinski definition) is 0. The van der Waals surface area contributed by atoms with E-state index in [9.17, 15) is 4.79 Å². The van der Waals surface area contributed by atoms with Crippen LogP contribution in [0.1, 0.15) is 39.5 Å². The quantitative estimate of drug-likeness (QED) is 0.432. The zero-order valence-corrected chi connectivity index (χ0v) is 8.67. The molecule has 0 amide bonds. The highest BCUT2D eigenvalue weighted by atomic mass is 16.6. The maximum absolute atomic E-state index is 10.8. The summed E-state index contributed by atoms with van der Waals surface area (Å²) in [5, 5.41) is 0. The average Bonchev–Trinajstić information content (AvgIpc) is 2.11. The van der Waals surface area contributed by atoms with Gasteiger partial charge < -0.3 is 9.47 Å². The van der Waals surface area contributed by atoms with E-state index in [1.54, 1.807) is 6.92 Å². The van der Waals surface area contributed by atoms with Crippen LogP contribution in [0.4, 0.5) is 0 Å². The number of unbranched alkanes of at least 4 members (excludes halogenated alkanes) is 3. The van der Waals surface area contributed by atoms with Gasteiger partial charge in [0.1, 0.15) is 6.61 Å². The number of hydrogen-bond acceptors (Lipinski definition) is 3. The standard InChI is InChI=1S/C10H20O3/c1-3-5-6-7-8-12-9-10(11)13-4-2/h3-9H2,1-2H3. The molecule has 13 heavy (non-hydrogen) atoms. The molecule has 0 radical (unpaired) electrons. The summed E-state index contributed by atoms with van der Waals surface area (Å²) in [7, 11) is 0. The van der Waals surface area contributed by atoms with Gasteiger partial charge >= 0.3 is 5.97 Å². The van der Waals surface area contributed by atoms with Crippen LogP contribution in [0.25, 0.3) is 0 Å². The average molecular weight is 188 g/mol. The number of rotatable bonds is 8. The normalized spacial score (nSPS) is 10.0. The lowest BCUT2D eigenvalue weighted by atomic mass is 10.2. The highest BCUT2D eigenvalue weighted by molar-refractivity contribution is 5.70. The first-order valence-corrected chi connectivity index (χ1v) is 5.04. The molecule has 0 aliphatic carbocycles. The first-order valence-electron chi connectivity index (χ1n) is 5.04. The lowest BCUT2D eigenvalue weighted by Gasteiger charge is -2.03. The molecule has 0 saturated carbocycles. The second-order valence-corrected chi connectivity index (χ2v) is 2.92. The first kappa shape index (κ1) is 12.4. The van der Waals surface area contributed by atoms with E-state index >= 15 is 0 Å². The van der Waals surface area contributed by atoms with Crippen LogP contribution in [0.15, 0.2) is 0 Å². The smallest absolute Gasteiger partial charge is 0.332 e. The predicted molar refractivity (Wildman–Crippen MR) is 51.6 cm³/mol. The highest BCUT2D eigenvalue weighted by Gasteiger charge is 1.99. The molecule has 0 saturated heterocycles. The van der Waals surface area contributed by atoms with Crippen molar-refractivity contribution in [2.75, 3.05) is 19.8 Å². The zero-order chi connectivity index (χ0) is 9.94. The van der Waals surface area contributed by atoms with Crippen LogP contribution in [0.3, 0.4) is 0 Å². The van der Waals surface area contributed by atoms with E-state index in [0.717, 1.165) is 6.42 Å². The van der Waals surface area contributed by atoms with Crippen molar-refractivity contribution in [3.63, 3.8) is 0 Å². The van der Waals surface area contributed by atoms with Crippen molar-refractivity contribution in [1.29, 1.82) is 0 Å². The lowest BCUT2D eigenvalue weighted by molar-refractivity contribution is -0.148. The van der Waals surface area contributed by atoms with Gasteiger partial charge in [0, 0.05) is 6.61 Å². The maximum atomic E-state index is 10.8. The summed E-state index contributed by atoms with van der Waals surface area (Å²) >= 11 is 0. The molecule has 0 aliphatic heterocycles. The molecular formula is C10H20O3. The molecule has 0 bridgehead atoms. The van der Waals surface area contributed by atoms with E-state index in [1.807, 2.05) is 0 Å². The molecule has 0 fully saturated rings. The summed E-state index contributed by atoms with van der Waals surface area (Å²) in [6, 6.07) is 0. The van der Waals surface area contributed by atoms with Crippen molar-refractivity contribution in [3.8, 4) is 0 Å². The third kappa shape index (κ3) is 9.34. The molecule has 3 nitrogen and oxygen atoms in total. The summed E-state index contributed by atoms with van der Waals surface area (Å²) in [6.07, 6.45) is 4.67. The molecule has 0 heterocycles. The second-order valence-electron chi connectivity index (χ2n) is 2.92. The Morgan fingerprint density at radius 3 is 2.54 bits per heavy atom. The van der Waals surface area contributed by atoms with Gasteiger partial charge in [-0.2, -0.15) is 0 Å². The van der Waals surface area contributed by atoms with E-state index in [4.69, 9.17) is 9.47 Å². The number of carbonyl (C=O) groups is 1. The maximum Gasteiger partial charge on any atom is 0.332 e. The Kier molecular flexibility index (Phi) is 9.10. The summed E-state index contributed by atoms with van der Waals surface area (Å²) in [5.41, 5.74) is 0. The van der Waals surface area contributed by atoms with Crippen molar-refractivity contribution in [1.82, 2.24) is 0 Å². The van der Waals surface area contributed by atoms with Crippen molar-refractivity contribution in [3.05, 3.63) is 0 Å². The summed E-state index contributed by atoms with van der Waals surface area (Å²) in [4.78, 5) is 10.8. The summed E-state index contributed by atoms with van der Waals surface area (Å²) < 4.78 is 9.83. The predicted octanol–water partition coefficient (Wildman–Crippen LogP) is 2.15. The highest BCUT2D eigenvalue weighted by Crippen LogP contribution is 1.98. The summed E-state index contributed by atoms with van der Waals surface area (Å²) in [5.74, 6) is -0.266. The van der Waals surface area contributed by atoms with Crippen LogP contribution in [-0.2, 0) is 14.3 Å². The van der Waals surface area contributed by atoms with Crippen LogP contribution in [0.5, 0.6) is 0 Å². The van der Waals surface area contributed by atoms with Crippen LogP contribution < -0.4 is 0 Å². The van der Waals surface area contributed by atoms with Crippen molar-refractivity contribution >= 4 is 5.97 Å². The van der Waals surface area contributed by atoms with Gasteiger partial charge in [0.2, 0.25) is 0 Å². The Balaban J connectivity index is 3.02. The molecule has 0 N–H and O–H groups in total. The number of carbonyl (C=O) groups excluding carboxylic acids is 1. The molecule has 0 atom stereocenters. The van der Waals surface area contributed by atoms with Gasteiger partial charge in [-0.05, 0) is 13.3 Å². The van der Waals surface area contributed by atoms with Gasteiger partial charge in [-0.25, -0.2) is 4.79 Å².